The van der Waals surface area contributed by atoms with Gasteiger partial charge in [-0.3, -0.25) is 4.79 Å². The number of primary amides is 1. The first kappa shape index (κ1) is 23.1. The number of benzene rings is 1. The number of carbonyl (C=O) groups is 1. The highest BCUT2D eigenvalue weighted by atomic mass is 35.5. The van der Waals surface area contributed by atoms with Crippen LogP contribution in [0.5, 0.6) is 5.75 Å². The van der Waals surface area contributed by atoms with E-state index >= 15 is 0 Å². The van der Waals surface area contributed by atoms with E-state index in [0.29, 0.717) is 53.9 Å². The normalized spacial score (nSPS) is 11.4. The molecule has 1 amide bonds. The van der Waals surface area contributed by atoms with E-state index in [1.165, 1.54) is 0 Å². The summed E-state index contributed by atoms with van der Waals surface area (Å²) in [5.41, 5.74) is 17.7. The molecule has 0 bridgehead atoms. The predicted octanol–water partition coefficient (Wildman–Crippen LogP) is 4.52. The first-order valence-electron chi connectivity index (χ1n) is 10.6. The van der Waals surface area contributed by atoms with E-state index in [1.807, 2.05) is 23.6 Å². The number of nitrogens with two attached hydrogens (primary N) is 2. The van der Waals surface area contributed by atoms with Gasteiger partial charge in [0.05, 0.1) is 12.6 Å². The van der Waals surface area contributed by atoms with Crippen molar-refractivity contribution in [3.8, 4) is 16.9 Å². The van der Waals surface area contributed by atoms with E-state index in [2.05, 4.69) is 9.97 Å². The molecule has 0 unspecified atom stereocenters. The summed E-state index contributed by atoms with van der Waals surface area (Å²) >= 11 is 12.3. The van der Waals surface area contributed by atoms with Crippen molar-refractivity contribution < 1.29 is 9.53 Å². The van der Waals surface area contributed by atoms with Crippen molar-refractivity contribution in [3.63, 3.8) is 0 Å². The van der Waals surface area contributed by atoms with E-state index in [1.54, 1.807) is 25.6 Å². The van der Waals surface area contributed by atoms with E-state index in [0.717, 1.165) is 38.5 Å². The zero-order valence-electron chi connectivity index (χ0n) is 18.5. The number of nitrogens with zero attached hydrogens (tertiary/aromatic N) is 3. The standard InChI is InChI=1S/C24H25Cl2N5O2/c1-3-31-21-13(12-30-24-16(21)6-9-29-24)10-18(22(31)27)20-14(4-7-25)17(23(28)32)11-19(33-2)15(20)5-8-26/h6,9-12H,3-5,7-8,27H2,1-2H3,(H2,28,32). The number of aryl methyl sites for hydroxylation is 1. The summed E-state index contributed by atoms with van der Waals surface area (Å²) in [7, 11) is 1.56. The van der Waals surface area contributed by atoms with E-state index < -0.39 is 5.91 Å². The number of ether oxygens (including phenoxy) is 1. The molecule has 0 aliphatic carbocycles. The molecule has 0 fully saturated rings. The fourth-order valence-electron chi connectivity index (χ4n) is 4.56. The summed E-state index contributed by atoms with van der Waals surface area (Å²) in [4.78, 5) is 21.2. The fourth-order valence-corrected chi connectivity index (χ4v) is 4.94. The second-order valence-electron chi connectivity index (χ2n) is 7.63. The zero-order valence-corrected chi connectivity index (χ0v) is 20.0. The first-order valence-corrected chi connectivity index (χ1v) is 11.7. The molecule has 1 aromatic carbocycles. The van der Waals surface area contributed by atoms with Crippen LogP contribution in [0.15, 0.2) is 30.6 Å². The smallest absolute Gasteiger partial charge is 0.249 e. The third-order valence-corrected chi connectivity index (χ3v) is 6.31. The maximum Gasteiger partial charge on any atom is 0.249 e. The van der Waals surface area contributed by atoms with E-state index in [9.17, 15) is 4.79 Å². The molecule has 4 rings (SSSR count). The van der Waals surface area contributed by atoms with Crippen molar-refractivity contribution in [1.82, 2.24) is 14.5 Å². The van der Waals surface area contributed by atoms with Crippen LogP contribution in [-0.4, -0.2) is 39.3 Å². The number of carbonyl (C=O) groups excluding carboxylic acids is 1. The lowest BCUT2D eigenvalue weighted by Crippen LogP contribution is -2.17. The molecule has 0 aliphatic rings. The lowest BCUT2D eigenvalue weighted by Gasteiger charge is -2.24. The Morgan fingerprint density at radius 1 is 1.15 bits per heavy atom. The lowest BCUT2D eigenvalue weighted by molar-refractivity contribution is 0.0999. The number of fused-ring (bicyclic) bond motifs is 3. The summed E-state index contributed by atoms with van der Waals surface area (Å²) in [6.45, 7) is 2.66. The van der Waals surface area contributed by atoms with Crippen LogP contribution in [0.2, 0.25) is 0 Å². The SMILES string of the molecule is CCn1c(N)c(-c2c(CCCl)c(OC)cc(C(N)=O)c2CCCl)cc2cnc3nccc3c21. The van der Waals surface area contributed by atoms with Gasteiger partial charge in [0.1, 0.15) is 11.6 Å². The molecule has 0 saturated heterocycles. The molecule has 172 valence electrons. The Morgan fingerprint density at radius 2 is 1.88 bits per heavy atom. The maximum atomic E-state index is 12.4. The van der Waals surface area contributed by atoms with Gasteiger partial charge in [-0.15, -0.1) is 23.2 Å². The van der Waals surface area contributed by atoms with Crippen LogP contribution in [0, 0.1) is 0 Å². The highest BCUT2D eigenvalue weighted by molar-refractivity contribution is 6.18. The molecular weight excluding hydrogens is 461 g/mol. The van der Waals surface area contributed by atoms with Gasteiger partial charge < -0.3 is 20.8 Å². The van der Waals surface area contributed by atoms with Crippen LogP contribution >= 0.6 is 23.2 Å². The van der Waals surface area contributed by atoms with Crippen molar-refractivity contribution in [2.45, 2.75) is 26.3 Å². The van der Waals surface area contributed by atoms with Crippen molar-refractivity contribution in [2.24, 2.45) is 5.73 Å². The topological polar surface area (TPSA) is 109 Å². The summed E-state index contributed by atoms with van der Waals surface area (Å²) in [5, 5.41) is 1.83. The molecule has 4 N–H and O–H groups in total. The van der Waals surface area contributed by atoms with Crippen LogP contribution in [0.4, 0.5) is 5.82 Å². The summed E-state index contributed by atoms with van der Waals surface area (Å²) in [5.74, 6) is 1.20. The Hall–Kier alpha value is -3.03. The summed E-state index contributed by atoms with van der Waals surface area (Å²) in [6, 6.07) is 5.59. The average Bonchev–Trinajstić information content (AvgIpc) is 3.28. The molecular formula is C24H25Cl2N5O2. The molecule has 3 heterocycles. The average molecular weight is 486 g/mol. The highest BCUT2D eigenvalue weighted by Gasteiger charge is 2.25. The number of alkyl halides is 2. The van der Waals surface area contributed by atoms with Crippen LogP contribution in [-0.2, 0) is 19.4 Å². The molecule has 0 spiro atoms. The van der Waals surface area contributed by atoms with Gasteiger partial charge in [-0.2, -0.15) is 0 Å². The molecule has 0 aliphatic heterocycles. The van der Waals surface area contributed by atoms with Gasteiger partial charge in [0.15, 0.2) is 5.65 Å². The maximum absolute atomic E-state index is 12.4. The Bertz CT molecular complexity index is 1370. The quantitative estimate of drug-likeness (QED) is 0.356. The van der Waals surface area contributed by atoms with Gasteiger partial charge >= 0.3 is 0 Å². The number of anilines is 1. The molecule has 4 aromatic rings. The van der Waals surface area contributed by atoms with E-state index in [4.69, 9.17) is 39.4 Å². The van der Waals surface area contributed by atoms with Gasteiger partial charge in [-0.05, 0) is 49.1 Å². The van der Waals surface area contributed by atoms with E-state index in [-0.39, 0.29) is 0 Å². The second-order valence-corrected chi connectivity index (χ2v) is 8.39. The van der Waals surface area contributed by atoms with Gasteiger partial charge in [0.2, 0.25) is 5.91 Å². The zero-order chi connectivity index (χ0) is 23.7. The van der Waals surface area contributed by atoms with Gasteiger partial charge in [0, 0.05) is 58.2 Å². The monoisotopic (exact) mass is 485 g/mol. The van der Waals surface area contributed by atoms with Gasteiger partial charge in [-0.25, -0.2) is 9.97 Å². The van der Waals surface area contributed by atoms with Crippen molar-refractivity contribution in [1.29, 1.82) is 0 Å². The number of aromatic nitrogens is 3. The minimum atomic E-state index is -0.555. The van der Waals surface area contributed by atoms with Crippen LogP contribution < -0.4 is 16.2 Å². The predicted molar refractivity (Wildman–Crippen MR) is 134 cm³/mol. The third kappa shape index (κ3) is 3.85. The molecule has 0 radical (unpaired) electrons. The molecule has 33 heavy (non-hydrogen) atoms. The van der Waals surface area contributed by atoms with Crippen molar-refractivity contribution >= 4 is 56.9 Å². The largest absolute Gasteiger partial charge is 0.496 e. The highest BCUT2D eigenvalue weighted by Crippen LogP contribution is 2.42. The van der Waals surface area contributed by atoms with Crippen LogP contribution in [0.3, 0.4) is 0 Å². The number of methoxy groups -OCH3 is 1. The number of pyridine rings is 2. The molecule has 0 saturated carbocycles. The van der Waals surface area contributed by atoms with Crippen LogP contribution in [0.1, 0.15) is 28.4 Å². The Kier molecular flexibility index (Phi) is 6.63. The third-order valence-electron chi connectivity index (χ3n) is 5.93. The second kappa shape index (κ2) is 9.45. The number of amides is 1. The first-order chi connectivity index (χ1) is 16.0. The number of nitrogen functional groups attached to an aromatic ring is 1. The molecule has 9 heteroatoms. The fraction of sp³-hybridized carbons (Fsp3) is 0.292. The Morgan fingerprint density at radius 3 is 2.52 bits per heavy atom. The minimum Gasteiger partial charge on any atom is -0.496 e. The van der Waals surface area contributed by atoms with Gasteiger partial charge in [0.25, 0.3) is 0 Å². The van der Waals surface area contributed by atoms with Crippen molar-refractivity contribution in [3.05, 3.63) is 47.3 Å². The Labute approximate surface area is 201 Å². The van der Waals surface area contributed by atoms with Crippen LogP contribution in [0.25, 0.3) is 33.1 Å². The Balaban J connectivity index is 2.18. The number of rotatable bonds is 8. The molecule has 3 aromatic heterocycles. The number of hydrogen-bond acceptors (Lipinski definition) is 5. The molecule has 0 atom stereocenters. The van der Waals surface area contributed by atoms with Crippen molar-refractivity contribution in [2.75, 3.05) is 24.6 Å². The molecule has 7 nitrogen and oxygen atoms in total. The summed E-state index contributed by atoms with van der Waals surface area (Å²) in [6.07, 6.45) is 4.47. The lowest BCUT2D eigenvalue weighted by atomic mass is 9.87. The van der Waals surface area contributed by atoms with Gasteiger partial charge in [-0.1, -0.05) is 0 Å². The summed E-state index contributed by atoms with van der Waals surface area (Å²) < 4.78 is 7.68. The number of hydrogen-bond donors (Lipinski definition) is 2. The number of halogens is 2. The minimum absolute atomic E-state index is 0.308.